The van der Waals surface area contributed by atoms with Crippen LogP contribution < -0.4 is 5.32 Å². The van der Waals surface area contributed by atoms with Crippen LogP contribution in [-0.2, 0) is 6.54 Å². The maximum atomic E-state index is 12.9. The molecule has 1 N–H and O–H groups in total. The van der Waals surface area contributed by atoms with Gasteiger partial charge in [0.05, 0.1) is 6.17 Å². The second-order valence-corrected chi connectivity index (χ2v) is 8.17. The number of piperazine rings is 1. The molecule has 28 heavy (non-hydrogen) atoms. The summed E-state index contributed by atoms with van der Waals surface area (Å²) in [5.74, 6) is 0.333. The summed E-state index contributed by atoms with van der Waals surface area (Å²) < 4.78 is 0. The lowest BCUT2D eigenvalue weighted by Gasteiger charge is -2.42. The number of hydrogen-bond donors (Lipinski definition) is 1. The van der Waals surface area contributed by atoms with Gasteiger partial charge in [-0.2, -0.15) is 0 Å². The van der Waals surface area contributed by atoms with Crippen LogP contribution in [0.5, 0.6) is 0 Å². The largest absolute Gasteiger partial charge is 0.302 e. The number of pyridine rings is 1. The maximum absolute atomic E-state index is 12.9. The number of nitrogens with zero attached hydrogens (tertiary/aromatic N) is 3. The number of ketones is 1. The lowest BCUT2D eigenvalue weighted by Crippen LogP contribution is -2.57. The topological polar surface area (TPSA) is 48.5 Å². The Kier molecular flexibility index (Phi) is 6.37. The lowest BCUT2D eigenvalue weighted by molar-refractivity contribution is 0.0490. The summed E-state index contributed by atoms with van der Waals surface area (Å²) >= 11 is 5.95. The van der Waals surface area contributed by atoms with E-state index >= 15 is 0 Å². The Balaban J connectivity index is 1.30. The van der Waals surface area contributed by atoms with Crippen molar-refractivity contribution in [1.29, 1.82) is 0 Å². The number of nitrogens with one attached hydrogen (secondary N) is 1. The van der Waals surface area contributed by atoms with Crippen LogP contribution in [0.2, 0.25) is 5.02 Å². The lowest BCUT2D eigenvalue weighted by atomic mass is 9.87. The number of piperidine rings is 1. The molecule has 148 valence electrons. The van der Waals surface area contributed by atoms with Crippen molar-refractivity contribution in [2.75, 3.05) is 32.7 Å². The van der Waals surface area contributed by atoms with E-state index < -0.39 is 0 Å². The van der Waals surface area contributed by atoms with E-state index in [2.05, 4.69) is 26.2 Å². The van der Waals surface area contributed by atoms with E-state index in [-0.39, 0.29) is 17.9 Å². The van der Waals surface area contributed by atoms with Crippen molar-refractivity contribution in [2.45, 2.75) is 25.6 Å². The highest BCUT2D eigenvalue weighted by molar-refractivity contribution is 6.30. The highest BCUT2D eigenvalue weighted by Crippen LogP contribution is 2.24. The van der Waals surface area contributed by atoms with Gasteiger partial charge in [-0.1, -0.05) is 17.7 Å². The van der Waals surface area contributed by atoms with Gasteiger partial charge in [0.15, 0.2) is 5.78 Å². The molecule has 3 heterocycles. The van der Waals surface area contributed by atoms with Gasteiger partial charge in [0.25, 0.3) is 0 Å². The number of Topliss-reactive ketones (excluding diaryl/α,β-unsaturated/α-hetero) is 1. The predicted octanol–water partition coefficient (Wildman–Crippen LogP) is 3.06. The van der Waals surface area contributed by atoms with Gasteiger partial charge in [0.2, 0.25) is 0 Å². The van der Waals surface area contributed by atoms with Gasteiger partial charge >= 0.3 is 0 Å². The molecule has 2 fully saturated rings. The van der Waals surface area contributed by atoms with Gasteiger partial charge in [-0.05, 0) is 55.3 Å². The van der Waals surface area contributed by atoms with Gasteiger partial charge in [-0.3, -0.25) is 19.6 Å². The number of carbonyl (C=O) groups excluding carboxylic acids is 1. The minimum Gasteiger partial charge on any atom is -0.302 e. The van der Waals surface area contributed by atoms with Gasteiger partial charge in [-0.25, -0.2) is 0 Å². The molecule has 0 spiro atoms. The zero-order valence-electron chi connectivity index (χ0n) is 16.1. The molecule has 2 aliphatic heterocycles. The third kappa shape index (κ3) is 4.78. The summed E-state index contributed by atoms with van der Waals surface area (Å²) in [7, 11) is 0. The molecular formula is C22H27ClN4O. The van der Waals surface area contributed by atoms with E-state index in [0.717, 1.165) is 57.7 Å². The van der Waals surface area contributed by atoms with Crippen LogP contribution in [0, 0.1) is 5.92 Å². The summed E-state index contributed by atoms with van der Waals surface area (Å²) in [6.45, 7) is 5.99. The van der Waals surface area contributed by atoms with E-state index in [0.29, 0.717) is 5.02 Å². The minimum atomic E-state index is 0.0841. The molecule has 2 aromatic rings. The van der Waals surface area contributed by atoms with Crippen molar-refractivity contribution >= 4 is 17.4 Å². The van der Waals surface area contributed by atoms with E-state index in [1.807, 2.05) is 30.6 Å². The third-order valence-electron chi connectivity index (χ3n) is 5.86. The number of carbonyl (C=O) groups is 1. The van der Waals surface area contributed by atoms with Crippen LogP contribution in [0.3, 0.4) is 0 Å². The van der Waals surface area contributed by atoms with Crippen molar-refractivity contribution in [2.24, 2.45) is 5.92 Å². The molecule has 2 saturated heterocycles. The summed E-state index contributed by atoms with van der Waals surface area (Å²) in [5, 5.41) is 4.29. The zero-order valence-corrected chi connectivity index (χ0v) is 16.8. The minimum absolute atomic E-state index is 0.0841. The molecule has 1 unspecified atom stereocenters. The van der Waals surface area contributed by atoms with E-state index in [1.54, 1.807) is 12.1 Å². The van der Waals surface area contributed by atoms with Crippen molar-refractivity contribution in [3.05, 3.63) is 64.9 Å². The monoisotopic (exact) mass is 398 g/mol. The first-order valence-corrected chi connectivity index (χ1v) is 10.5. The van der Waals surface area contributed by atoms with E-state index in [1.165, 1.54) is 5.56 Å². The fraction of sp³-hybridized carbons (Fsp3) is 0.455. The molecule has 1 aromatic heterocycles. The quantitative estimate of drug-likeness (QED) is 0.784. The average Bonchev–Trinajstić information content (AvgIpc) is 2.75. The highest BCUT2D eigenvalue weighted by Gasteiger charge is 2.32. The number of halogens is 1. The Morgan fingerprint density at radius 1 is 1.14 bits per heavy atom. The Morgan fingerprint density at radius 2 is 1.93 bits per heavy atom. The Bertz CT molecular complexity index is 775. The van der Waals surface area contributed by atoms with Crippen molar-refractivity contribution in [3.8, 4) is 0 Å². The predicted molar refractivity (Wildman–Crippen MR) is 111 cm³/mol. The molecule has 0 amide bonds. The van der Waals surface area contributed by atoms with Gasteiger partial charge in [-0.15, -0.1) is 0 Å². The van der Waals surface area contributed by atoms with Crippen molar-refractivity contribution in [3.63, 3.8) is 0 Å². The van der Waals surface area contributed by atoms with Crippen LogP contribution in [0.4, 0.5) is 0 Å². The van der Waals surface area contributed by atoms with Crippen LogP contribution in [0.25, 0.3) is 0 Å². The molecule has 6 heteroatoms. The van der Waals surface area contributed by atoms with Gasteiger partial charge in [0, 0.05) is 61.6 Å². The second kappa shape index (κ2) is 9.14. The number of rotatable bonds is 5. The molecule has 0 radical (unpaired) electrons. The molecule has 2 aliphatic rings. The van der Waals surface area contributed by atoms with E-state index in [9.17, 15) is 4.79 Å². The van der Waals surface area contributed by atoms with Crippen LogP contribution in [0.15, 0.2) is 48.8 Å². The van der Waals surface area contributed by atoms with Crippen LogP contribution in [-0.4, -0.2) is 59.5 Å². The van der Waals surface area contributed by atoms with Gasteiger partial charge in [0.1, 0.15) is 0 Å². The van der Waals surface area contributed by atoms with Crippen molar-refractivity contribution < 1.29 is 4.79 Å². The zero-order chi connectivity index (χ0) is 19.3. The summed E-state index contributed by atoms with van der Waals surface area (Å²) in [5.41, 5.74) is 2.04. The smallest absolute Gasteiger partial charge is 0.166 e. The molecule has 2 atom stereocenters. The number of aromatic nitrogens is 1. The van der Waals surface area contributed by atoms with Gasteiger partial charge < -0.3 is 5.32 Å². The number of hydrogen-bond acceptors (Lipinski definition) is 5. The fourth-order valence-electron chi connectivity index (χ4n) is 4.24. The first kappa shape index (κ1) is 19.5. The van der Waals surface area contributed by atoms with Crippen LogP contribution >= 0.6 is 11.6 Å². The molecule has 0 bridgehead atoms. The standard InChI is InChI=1S/C22H27ClN4O/c23-20-5-3-18(4-6-20)22(28)19-7-9-25-21(14-19)27-12-10-26(11-13-27)16-17-2-1-8-24-15-17/h1-6,8,15,19,21,25H,7,9-14,16H2/t19?,21-/m1/s1. The Hall–Kier alpha value is -1.79. The van der Waals surface area contributed by atoms with E-state index in [4.69, 9.17) is 11.6 Å². The first-order valence-electron chi connectivity index (χ1n) is 10.1. The van der Waals surface area contributed by atoms with Crippen molar-refractivity contribution in [1.82, 2.24) is 20.1 Å². The number of benzene rings is 1. The molecule has 0 saturated carbocycles. The average molecular weight is 399 g/mol. The highest BCUT2D eigenvalue weighted by atomic mass is 35.5. The summed E-state index contributed by atoms with van der Waals surface area (Å²) in [6, 6.07) is 11.4. The molecule has 1 aromatic carbocycles. The molecule has 5 nitrogen and oxygen atoms in total. The first-order chi connectivity index (χ1) is 13.7. The maximum Gasteiger partial charge on any atom is 0.166 e. The normalized spacial score (nSPS) is 24.2. The molecule has 0 aliphatic carbocycles. The molecular weight excluding hydrogens is 372 g/mol. The second-order valence-electron chi connectivity index (χ2n) is 7.74. The fourth-order valence-corrected chi connectivity index (χ4v) is 4.37. The summed E-state index contributed by atoms with van der Waals surface area (Å²) in [4.78, 5) is 22.1. The Labute approximate surface area is 171 Å². The molecule has 4 rings (SSSR count). The van der Waals surface area contributed by atoms with Crippen LogP contribution in [0.1, 0.15) is 28.8 Å². The Morgan fingerprint density at radius 3 is 2.64 bits per heavy atom. The SMILES string of the molecule is O=C(c1ccc(Cl)cc1)C1CCN[C@H](N2CCN(Cc3cccnc3)CC2)C1. The summed E-state index contributed by atoms with van der Waals surface area (Å²) in [6.07, 6.45) is 5.83. The third-order valence-corrected chi connectivity index (χ3v) is 6.11.